The zero-order chi connectivity index (χ0) is 33.3. The van der Waals surface area contributed by atoms with Crippen LogP contribution in [0.5, 0.6) is 11.5 Å². The third kappa shape index (κ3) is 7.38. The maximum atomic E-state index is 15.5. The van der Waals surface area contributed by atoms with Crippen LogP contribution in [-0.2, 0) is 37.3 Å². The minimum Gasteiger partial charge on any atom is -0.481 e. The van der Waals surface area contributed by atoms with E-state index in [2.05, 4.69) is 10.1 Å². The zero-order valence-corrected chi connectivity index (χ0v) is 26.7. The molecule has 5 aromatic rings. The second-order valence-electron chi connectivity index (χ2n) is 11.5. The molecule has 246 valence electrons. The number of aromatic nitrogens is 3. The fraction of sp³-hybridized carbons (Fsp3) is 0.273. The summed E-state index contributed by atoms with van der Waals surface area (Å²) in [5.74, 6) is -4.48. The molecule has 1 unspecified atom stereocenters. The monoisotopic (exact) mass is 683 g/mol. The Morgan fingerprint density at radius 1 is 0.957 bits per heavy atom. The number of carbonyl (C=O) groups is 1. The Balaban J connectivity index is 1.45. The highest BCUT2D eigenvalue weighted by Crippen LogP contribution is 2.37. The maximum Gasteiger partial charge on any atom is 0.303 e. The van der Waals surface area contributed by atoms with Crippen LogP contribution in [0.1, 0.15) is 35.6 Å². The number of aromatic amines is 1. The van der Waals surface area contributed by atoms with Crippen molar-refractivity contribution in [1.29, 1.82) is 0 Å². The van der Waals surface area contributed by atoms with Crippen molar-refractivity contribution in [1.82, 2.24) is 14.8 Å². The number of nitrogens with one attached hydrogen (secondary N) is 1. The molecule has 0 aliphatic carbocycles. The minimum absolute atomic E-state index is 0.0235. The molecule has 1 aliphatic rings. The fourth-order valence-electron chi connectivity index (χ4n) is 5.79. The van der Waals surface area contributed by atoms with E-state index in [1.54, 1.807) is 48.8 Å². The van der Waals surface area contributed by atoms with E-state index in [1.807, 2.05) is 0 Å². The number of ether oxygens (including phenoxy) is 1. The number of nitrogens with zero attached hydrogens (tertiary/aromatic N) is 2. The molecule has 10 nitrogen and oxygen atoms in total. The molecule has 3 heterocycles. The van der Waals surface area contributed by atoms with Crippen LogP contribution < -0.4 is 4.74 Å². The van der Waals surface area contributed by atoms with Gasteiger partial charge in [-0.2, -0.15) is 5.10 Å². The summed E-state index contributed by atoms with van der Waals surface area (Å²) >= 11 is 0. The summed E-state index contributed by atoms with van der Waals surface area (Å²) in [6.07, 6.45) is 3.21. The summed E-state index contributed by atoms with van der Waals surface area (Å²) in [6.45, 7) is 0. The Morgan fingerprint density at radius 2 is 1.74 bits per heavy atom. The lowest BCUT2D eigenvalue weighted by molar-refractivity contribution is -0.136. The van der Waals surface area contributed by atoms with Crippen LogP contribution in [-0.4, -0.2) is 65.7 Å². The Labute approximate surface area is 269 Å². The van der Waals surface area contributed by atoms with Gasteiger partial charge in [-0.05, 0) is 60.7 Å². The van der Waals surface area contributed by atoms with Crippen molar-refractivity contribution in [2.45, 2.75) is 31.7 Å². The third-order valence-corrected chi connectivity index (χ3v) is 11.9. The van der Waals surface area contributed by atoms with Crippen molar-refractivity contribution in [3.63, 3.8) is 0 Å². The van der Waals surface area contributed by atoms with Gasteiger partial charge in [0.1, 0.15) is 11.6 Å². The number of fused-ring (bicyclic) bond motifs is 8. The van der Waals surface area contributed by atoms with Crippen molar-refractivity contribution in [2.75, 3.05) is 23.0 Å². The molecule has 0 fully saturated rings. The predicted octanol–water partition coefficient (Wildman–Crippen LogP) is 5.48. The second kappa shape index (κ2) is 12.9. The number of H-pyrrole nitrogens is 1. The smallest absolute Gasteiger partial charge is 0.303 e. The summed E-state index contributed by atoms with van der Waals surface area (Å²) in [4.78, 5) is 14.1. The molecule has 0 radical (unpaired) electrons. The molecular weight excluding hydrogens is 653 g/mol. The summed E-state index contributed by atoms with van der Waals surface area (Å²) < 4.78 is 90.8. The Morgan fingerprint density at radius 3 is 2.53 bits per heavy atom. The van der Waals surface area contributed by atoms with E-state index < -0.39 is 60.6 Å². The number of aliphatic carboxylic acids is 1. The van der Waals surface area contributed by atoms with Crippen molar-refractivity contribution in [3.8, 4) is 22.8 Å². The molecule has 3 aromatic carbocycles. The highest BCUT2D eigenvalue weighted by Gasteiger charge is 2.25. The summed E-state index contributed by atoms with van der Waals surface area (Å²) in [5, 5.41) is 14.3. The lowest BCUT2D eigenvalue weighted by Crippen LogP contribution is -2.24. The van der Waals surface area contributed by atoms with Gasteiger partial charge in [0, 0.05) is 46.9 Å². The molecule has 0 saturated heterocycles. The molecule has 47 heavy (non-hydrogen) atoms. The van der Waals surface area contributed by atoms with Gasteiger partial charge >= 0.3 is 5.97 Å². The Bertz CT molecular complexity index is 2190. The summed E-state index contributed by atoms with van der Waals surface area (Å²) in [7, 11) is -7.77. The molecule has 0 amide bonds. The van der Waals surface area contributed by atoms with E-state index in [9.17, 15) is 21.6 Å². The number of carboxylic acids is 1. The van der Waals surface area contributed by atoms with E-state index in [1.165, 1.54) is 22.9 Å². The minimum atomic E-state index is -3.90. The predicted molar refractivity (Wildman–Crippen MR) is 172 cm³/mol. The zero-order valence-electron chi connectivity index (χ0n) is 25.0. The molecule has 14 heteroatoms. The van der Waals surface area contributed by atoms with E-state index in [0.29, 0.717) is 16.5 Å². The van der Waals surface area contributed by atoms with Gasteiger partial charge < -0.3 is 14.8 Å². The van der Waals surface area contributed by atoms with E-state index in [-0.39, 0.29) is 59.8 Å². The molecule has 2 aromatic heterocycles. The van der Waals surface area contributed by atoms with Gasteiger partial charge in [-0.25, -0.2) is 25.6 Å². The lowest BCUT2D eigenvalue weighted by Gasteiger charge is -2.20. The van der Waals surface area contributed by atoms with Crippen LogP contribution in [0.2, 0.25) is 0 Å². The van der Waals surface area contributed by atoms with Crippen molar-refractivity contribution < 1.29 is 40.3 Å². The first-order valence-corrected chi connectivity index (χ1v) is 18.5. The summed E-state index contributed by atoms with van der Waals surface area (Å²) in [6, 6.07) is 14.7. The van der Waals surface area contributed by atoms with Gasteiger partial charge in [0.05, 0.1) is 34.7 Å². The van der Waals surface area contributed by atoms with Gasteiger partial charge in [0.15, 0.2) is 31.2 Å². The Kier molecular flexibility index (Phi) is 8.90. The topological polar surface area (TPSA) is 148 Å². The van der Waals surface area contributed by atoms with Crippen LogP contribution >= 0.6 is 0 Å². The fourth-order valence-corrected chi connectivity index (χ4v) is 9.32. The van der Waals surface area contributed by atoms with Gasteiger partial charge in [-0.15, -0.1) is 0 Å². The largest absolute Gasteiger partial charge is 0.481 e. The highest BCUT2D eigenvalue weighted by atomic mass is 32.2. The number of benzene rings is 3. The van der Waals surface area contributed by atoms with Crippen LogP contribution in [0.15, 0.2) is 73.1 Å². The molecule has 0 spiro atoms. The molecule has 1 aliphatic heterocycles. The average molecular weight is 684 g/mol. The van der Waals surface area contributed by atoms with Crippen LogP contribution in [0, 0.1) is 11.6 Å². The molecule has 6 rings (SSSR count). The molecular formula is C33H31F2N3O7S2. The number of sulfone groups is 2. The van der Waals surface area contributed by atoms with Gasteiger partial charge in [-0.3, -0.25) is 9.48 Å². The number of rotatable bonds is 4. The number of halogens is 2. The number of hydrogen-bond donors (Lipinski definition) is 2. The van der Waals surface area contributed by atoms with Gasteiger partial charge in [0.2, 0.25) is 0 Å². The van der Waals surface area contributed by atoms with Crippen LogP contribution in [0.25, 0.3) is 22.2 Å². The molecule has 4 bridgehead atoms. The highest BCUT2D eigenvalue weighted by molar-refractivity contribution is 7.95. The third-order valence-electron chi connectivity index (χ3n) is 8.26. The van der Waals surface area contributed by atoms with Gasteiger partial charge in [-0.1, -0.05) is 24.3 Å². The van der Waals surface area contributed by atoms with Gasteiger partial charge in [0.25, 0.3) is 0 Å². The SMILES string of the molecule is O=C(O)CCc1cccc(C2CCS(=O)(=O)CCS(=O)(=O)CCc3c(c(F)cc4[nH]ccc34)Oc3ccc(F)c(c3)-c3ccn2n3)c1. The van der Waals surface area contributed by atoms with E-state index in [0.717, 1.165) is 11.6 Å². The number of carboxylic acid groups (broad SMARTS) is 1. The molecule has 0 saturated carbocycles. The normalized spacial score (nSPS) is 18.0. The van der Waals surface area contributed by atoms with Crippen molar-refractivity contribution >= 4 is 36.5 Å². The first kappa shape index (κ1) is 32.4. The first-order valence-electron chi connectivity index (χ1n) is 14.9. The quantitative estimate of drug-likeness (QED) is 0.253. The first-order chi connectivity index (χ1) is 22.4. The molecule has 2 N–H and O–H groups in total. The lowest BCUT2D eigenvalue weighted by atomic mass is 10.00. The van der Waals surface area contributed by atoms with E-state index in [4.69, 9.17) is 9.84 Å². The van der Waals surface area contributed by atoms with Crippen molar-refractivity contribution in [2.24, 2.45) is 0 Å². The Hall–Kier alpha value is -4.56. The maximum absolute atomic E-state index is 15.5. The number of aryl methyl sites for hydroxylation is 2. The van der Waals surface area contributed by atoms with Crippen LogP contribution in [0.4, 0.5) is 8.78 Å². The average Bonchev–Trinajstić information content (AvgIpc) is 3.70. The van der Waals surface area contributed by atoms with Crippen molar-refractivity contribution in [3.05, 3.63) is 101 Å². The van der Waals surface area contributed by atoms with E-state index >= 15 is 8.78 Å². The summed E-state index contributed by atoms with van der Waals surface area (Å²) in [5.41, 5.74) is 2.36. The van der Waals surface area contributed by atoms with Crippen LogP contribution in [0.3, 0.4) is 0 Å². The number of hydrogen-bond acceptors (Lipinski definition) is 7. The standard InChI is InChI=1S/C33H31F2N3O7S2/c34-27-6-5-23-19-26(27)29-9-13-38(37-29)31(22-3-1-2-21(18-22)4-7-32(39)40)11-15-47(43,44)17-16-46(41,42)14-10-25-24-8-12-36-30(24)20-28(35)33(25)45-23/h1-3,5-6,8-9,12-13,18-20,31,36H,4,7,10-11,14-17H2,(H,39,40). The molecule has 1 atom stereocenters. The second-order valence-corrected chi connectivity index (χ2v) is 16.1.